The van der Waals surface area contributed by atoms with Crippen LogP contribution in [-0.4, -0.2) is 6.29 Å². The summed E-state index contributed by atoms with van der Waals surface area (Å²) >= 11 is 4.92. The zero-order valence-corrected chi connectivity index (χ0v) is 9.69. The number of hydrogen-bond donors (Lipinski definition) is 1. The Labute approximate surface area is 93.9 Å². The third-order valence-corrected chi connectivity index (χ3v) is 3.79. The van der Waals surface area contributed by atoms with Crippen LogP contribution in [0.25, 0.3) is 10.1 Å². The Bertz CT molecular complexity index is 492. The van der Waals surface area contributed by atoms with E-state index in [0.29, 0.717) is 5.56 Å². The van der Waals surface area contributed by atoms with Gasteiger partial charge in [-0.2, -0.15) is 0 Å². The number of thiophene rings is 1. The number of halogens is 1. The molecule has 1 heterocycles. The molecule has 2 rings (SSSR count). The summed E-state index contributed by atoms with van der Waals surface area (Å²) in [6.45, 7) is 0. The third kappa shape index (κ3) is 1.35. The van der Waals surface area contributed by atoms with E-state index in [2.05, 4.69) is 15.9 Å². The predicted molar refractivity (Wildman–Crippen MR) is 64.3 cm³/mol. The van der Waals surface area contributed by atoms with Crippen molar-refractivity contribution in [2.75, 3.05) is 5.73 Å². The lowest BCUT2D eigenvalue weighted by atomic mass is 10.1. The van der Waals surface area contributed by atoms with Crippen LogP contribution < -0.4 is 5.73 Å². The van der Waals surface area contributed by atoms with E-state index in [1.165, 1.54) is 11.3 Å². The lowest BCUT2D eigenvalue weighted by Crippen LogP contribution is -1.88. The van der Waals surface area contributed by atoms with E-state index in [1.54, 1.807) is 0 Å². The normalized spacial score (nSPS) is 10.6. The van der Waals surface area contributed by atoms with Crippen molar-refractivity contribution in [2.24, 2.45) is 0 Å². The van der Waals surface area contributed by atoms with Crippen molar-refractivity contribution in [1.29, 1.82) is 0 Å². The van der Waals surface area contributed by atoms with Crippen molar-refractivity contribution in [2.45, 2.75) is 5.33 Å². The Morgan fingerprint density at radius 2 is 2.29 bits per heavy atom. The first-order chi connectivity index (χ1) is 6.77. The van der Waals surface area contributed by atoms with Crippen molar-refractivity contribution in [3.05, 3.63) is 28.6 Å². The molecule has 0 bridgehead atoms. The predicted octanol–water partition coefficient (Wildman–Crippen LogP) is 3.19. The first kappa shape index (κ1) is 9.68. The van der Waals surface area contributed by atoms with E-state index in [-0.39, 0.29) is 0 Å². The number of carbonyl (C=O) groups excluding carboxylic acids is 1. The van der Waals surface area contributed by atoms with Gasteiger partial charge in [0.25, 0.3) is 0 Å². The van der Waals surface area contributed by atoms with Gasteiger partial charge in [-0.3, -0.25) is 4.79 Å². The van der Waals surface area contributed by atoms with Gasteiger partial charge >= 0.3 is 0 Å². The zero-order valence-electron chi connectivity index (χ0n) is 7.29. The lowest BCUT2D eigenvalue weighted by Gasteiger charge is -2.01. The molecule has 14 heavy (non-hydrogen) atoms. The first-order valence-corrected chi connectivity index (χ1v) is 6.07. The second kappa shape index (κ2) is 3.71. The molecule has 0 amide bonds. The molecule has 2 nitrogen and oxygen atoms in total. The molecular weight excluding hydrogens is 262 g/mol. The average Bonchev–Trinajstić information content (AvgIpc) is 2.60. The molecule has 0 saturated heterocycles. The monoisotopic (exact) mass is 269 g/mol. The summed E-state index contributed by atoms with van der Waals surface area (Å²) in [6.07, 6.45) is 0.871. The van der Waals surface area contributed by atoms with Crippen molar-refractivity contribution < 1.29 is 4.79 Å². The highest BCUT2D eigenvalue weighted by Crippen LogP contribution is 2.34. The maximum Gasteiger partial charge on any atom is 0.151 e. The molecule has 2 aromatic rings. The Morgan fingerprint density at radius 3 is 2.93 bits per heavy atom. The van der Waals surface area contributed by atoms with E-state index < -0.39 is 0 Å². The van der Waals surface area contributed by atoms with Gasteiger partial charge in [0, 0.05) is 26.4 Å². The number of hydrogen-bond acceptors (Lipinski definition) is 3. The average molecular weight is 270 g/mol. The van der Waals surface area contributed by atoms with Crippen LogP contribution in [0, 0.1) is 0 Å². The number of rotatable bonds is 2. The van der Waals surface area contributed by atoms with Crippen molar-refractivity contribution >= 4 is 49.3 Å². The molecule has 0 aliphatic rings. The number of fused-ring (bicyclic) bond motifs is 1. The smallest absolute Gasteiger partial charge is 0.151 e. The Hall–Kier alpha value is -0.870. The number of benzene rings is 1. The minimum Gasteiger partial charge on any atom is -0.398 e. The van der Waals surface area contributed by atoms with Crippen LogP contribution in [0.4, 0.5) is 5.69 Å². The van der Waals surface area contributed by atoms with Crippen molar-refractivity contribution in [1.82, 2.24) is 0 Å². The molecular formula is C10H8BrNOS. The van der Waals surface area contributed by atoms with Gasteiger partial charge in [0.05, 0.1) is 5.69 Å². The summed E-state index contributed by atoms with van der Waals surface area (Å²) in [5, 5.41) is 3.64. The van der Waals surface area contributed by atoms with Gasteiger partial charge in [0.2, 0.25) is 0 Å². The van der Waals surface area contributed by atoms with E-state index in [9.17, 15) is 4.79 Å². The lowest BCUT2D eigenvalue weighted by molar-refractivity contribution is 0.112. The minimum absolute atomic E-state index is 0.714. The minimum atomic E-state index is 0.714. The number of carbonyl (C=O) groups is 1. The van der Waals surface area contributed by atoms with Gasteiger partial charge in [-0.15, -0.1) is 11.3 Å². The van der Waals surface area contributed by atoms with Crippen LogP contribution in [-0.2, 0) is 5.33 Å². The Morgan fingerprint density at radius 1 is 1.50 bits per heavy atom. The fourth-order valence-corrected chi connectivity index (χ4v) is 2.92. The van der Waals surface area contributed by atoms with Crippen LogP contribution in [0.2, 0.25) is 0 Å². The molecule has 0 aliphatic heterocycles. The topological polar surface area (TPSA) is 43.1 Å². The number of nitrogens with two attached hydrogens (primary N) is 1. The van der Waals surface area contributed by atoms with Gasteiger partial charge in [0.15, 0.2) is 6.29 Å². The molecule has 0 unspecified atom stereocenters. The highest BCUT2D eigenvalue weighted by atomic mass is 79.9. The quantitative estimate of drug-likeness (QED) is 0.672. The second-order valence-corrected chi connectivity index (χ2v) is 4.40. The Balaban J connectivity index is 2.87. The first-order valence-electron chi connectivity index (χ1n) is 4.07. The number of aldehydes is 1. The number of nitrogen functional groups attached to an aromatic ring is 1. The molecule has 2 N–H and O–H groups in total. The fraction of sp³-hybridized carbons (Fsp3) is 0.100. The highest BCUT2D eigenvalue weighted by Gasteiger charge is 2.09. The molecule has 72 valence electrons. The van der Waals surface area contributed by atoms with Gasteiger partial charge in [-0.1, -0.05) is 22.0 Å². The molecule has 4 heteroatoms. The summed E-state index contributed by atoms with van der Waals surface area (Å²) in [4.78, 5) is 10.8. The summed E-state index contributed by atoms with van der Waals surface area (Å²) in [5.41, 5.74) is 8.45. The molecule has 1 aromatic carbocycles. The van der Waals surface area contributed by atoms with E-state index in [1.807, 2.05) is 17.5 Å². The summed E-state index contributed by atoms with van der Waals surface area (Å²) in [5.74, 6) is 0. The number of alkyl halides is 1. The third-order valence-electron chi connectivity index (χ3n) is 2.14. The summed E-state index contributed by atoms with van der Waals surface area (Å²) < 4.78 is 0.981. The largest absolute Gasteiger partial charge is 0.398 e. The molecule has 0 atom stereocenters. The van der Waals surface area contributed by atoms with Crippen LogP contribution in [0.1, 0.15) is 15.9 Å². The van der Waals surface area contributed by atoms with Crippen molar-refractivity contribution in [3.63, 3.8) is 0 Å². The molecule has 0 aliphatic carbocycles. The van der Waals surface area contributed by atoms with Crippen molar-refractivity contribution in [3.8, 4) is 0 Å². The highest BCUT2D eigenvalue weighted by molar-refractivity contribution is 9.08. The van der Waals surface area contributed by atoms with Crippen LogP contribution in [0.5, 0.6) is 0 Å². The molecule has 0 radical (unpaired) electrons. The Kier molecular flexibility index (Phi) is 2.56. The number of anilines is 1. The van der Waals surface area contributed by atoms with Gasteiger partial charge in [-0.05, 0) is 11.6 Å². The van der Waals surface area contributed by atoms with E-state index in [0.717, 1.165) is 33.0 Å². The standard InChI is InChI=1S/C10H8BrNOS/c11-3-6-1-2-7(4-13)10-9(6)8(12)5-14-10/h1-2,4-5H,3,12H2. The van der Waals surface area contributed by atoms with Crippen LogP contribution in [0.15, 0.2) is 17.5 Å². The van der Waals surface area contributed by atoms with E-state index in [4.69, 9.17) is 5.73 Å². The molecule has 0 fully saturated rings. The van der Waals surface area contributed by atoms with Gasteiger partial charge in [0.1, 0.15) is 0 Å². The van der Waals surface area contributed by atoms with E-state index >= 15 is 0 Å². The summed E-state index contributed by atoms with van der Waals surface area (Å²) in [6, 6.07) is 3.77. The molecule has 0 saturated carbocycles. The second-order valence-electron chi connectivity index (χ2n) is 2.96. The SMILES string of the molecule is Nc1csc2c(C=O)ccc(CBr)c12. The maximum atomic E-state index is 10.8. The molecule has 0 spiro atoms. The summed E-state index contributed by atoms with van der Waals surface area (Å²) in [7, 11) is 0. The van der Waals surface area contributed by atoms with Gasteiger partial charge < -0.3 is 5.73 Å². The zero-order chi connectivity index (χ0) is 10.1. The van der Waals surface area contributed by atoms with Gasteiger partial charge in [-0.25, -0.2) is 0 Å². The maximum absolute atomic E-state index is 10.8. The van der Waals surface area contributed by atoms with Crippen LogP contribution in [0.3, 0.4) is 0 Å². The molecule has 1 aromatic heterocycles. The van der Waals surface area contributed by atoms with Crippen LogP contribution >= 0.6 is 27.3 Å². The fourth-order valence-electron chi connectivity index (χ4n) is 1.47.